The molecular formula is C17H25NO2S. The van der Waals surface area contributed by atoms with Gasteiger partial charge in [0.1, 0.15) is 0 Å². The van der Waals surface area contributed by atoms with Crippen LogP contribution in [0.2, 0.25) is 0 Å². The van der Waals surface area contributed by atoms with E-state index in [0.29, 0.717) is 6.42 Å². The molecule has 3 rings (SSSR count). The van der Waals surface area contributed by atoms with Crippen molar-refractivity contribution in [2.45, 2.75) is 70.9 Å². The monoisotopic (exact) mass is 307 g/mol. The number of carbonyl (C=O) groups excluding carboxylic acids is 1. The van der Waals surface area contributed by atoms with E-state index in [1.807, 2.05) is 13.8 Å². The van der Waals surface area contributed by atoms with Crippen LogP contribution in [0.15, 0.2) is 6.07 Å². The van der Waals surface area contributed by atoms with Crippen molar-refractivity contribution in [1.82, 2.24) is 5.32 Å². The van der Waals surface area contributed by atoms with Crippen LogP contribution in [0.3, 0.4) is 0 Å². The molecule has 1 amide bonds. The average Bonchev–Trinajstić information content (AvgIpc) is 2.81. The Kier molecular flexibility index (Phi) is 4.10. The first kappa shape index (κ1) is 15.0. The van der Waals surface area contributed by atoms with Crippen LogP contribution in [0, 0.1) is 5.41 Å². The minimum atomic E-state index is -0.300. The molecule has 2 unspecified atom stereocenters. The van der Waals surface area contributed by atoms with E-state index >= 15 is 0 Å². The van der Waals surface area contributed by atoms with Crippen LogP contribution in [0.25, 0.3) is 0 Å². The number of aliphatic hydroxyl groups is 1. The van der Waals surface area contributed by atoms with Crippen molar-refractivity contribution in [1.29, 1.82) is 0 Å². The number of hydrogen-bond donors (Lipinski definition) is 2. The maximum Gasteiger partial charge on any atom is 0.261 e. The van der Waals surface area contributed by atoms with E-state index in [1.165, 1.54) is 36.1 Å². The summed E-state index contributed by atoms with van der Waals surface area (Å²) < 4.78 is 0. The predicted molar refractivity (Wildman–Crippen MR) is 85.9 cm³/mol. The molecule has 2 aliphatic carbocycles. The number of aryl methyl sites for hydroxylation is 2. The lowest BCUT2D eigenvalue weighted by Gasteiger charge is -2.49. The molecule has 0 spiro atoms. The topological polar surface area (TPSA) is 49.3 Å². The van der Waals surface area contributed by atoms with Crippen LogP contribution in [0.4, 0.5) is 0 Å². The molecule has 21 heavy (non-hydrogen) atoms. The molecule has 4 heteroatoms. The Morgan fingerprint density at radius 2 is 2.00 bits per heavy atom. The molecule has 0 radical (unpaired) electrons. The van der Waals surface area contributed by atoms with Crippen molar-refractivity contribution >= 4 is 17.2 Å². The second-order valence-corrected chi connectivity index (χ2v) is 8.21. The summed E-state index contributed by atoms with van der Waals surface area (Å²) in [6, 6.07) is 2.19. The average molecular weight is 307 g/mol. The summed E-state index contributed by atoms with van der Waals surface area (Å²) in [4.78, 5) is 14.7. The van der Waals surface area contributed by atoms with E-state index in [9.17, 15) is 9.90 Å². The number of amides is 1. The van der Waals surface area contributed by atoms with E-state index in [0.717, 1.165) is 17.7 Å². The summed E-state index contributed by atoms with van der Waals surface area (Å²) in [5.41, 5.74) is 1.18. The number of hydrogen-bond acceptors (Lipinski definition) is 3. The molecular weight excluding hydrogens is 282 g/mol. The van der Waals surface area contributed by atoms with Crippen LogP contribution in [0.5, 0.6) is 0 Å². The quantitative estimate of drug-likeness (QED) is 0.881. The smallest absolute Gasteiger partial charge is 0.261 e. The highest BCUT2D eigenvalue weighted by molar-refractivity contribution is 7.14. The normalized spacial score (nSPS) is 28.0. The fraction of sp³-hybridized carbons (Fsp3) is 0.706. The standard InChI is InChI=1S/C17H25NO2S/c1-17(2)14(10-15(17)19)18-16(20)13-9-11-7-5-3-4-6-8-12(11)21-13/h9,14-15,19H,3-8,10H2,1-2H3,(H,18,20). The molecule has 1 heterocycles. The highest BCUT2D eigenvalue weighted by Crippen LogP contribution is 2.40. The van der Waals surface area contributed by atoms with Crippen LogP contribution < -0.4 is 5.32 Å². The highest BCUT2D eigenvalue weighted by atomic mass is 32.1. The maximum absolute atomic E-state index is 12.4. The number of aliphatic hydroxyl groups excluding tert-OH is 1. The zero-order valence-corrected chi connectivity index (χ0v) is 13.8. The number of nitrogens with one attached hydrogen (secondary N) is 1. The molecule has 0 aliphatic heterocycles. The predicted octanol–water partition coefficient (Wildman–Crippen LogP) is 3.30. The van der Waals surface area contributed by atoms with Crippen molar-refractivity contribution in [3.63, 3.8) is 0 Å². The van der Waals surface area contributed by atoms with Gasteiger partial charge in [0.2, 0.25) is 0 Å². The molecule has 1 aromatic heterocycles. The molecule has 0 bridgehead atoms. The number of carbonyl (C=O) groups is 1. The van der Waals surface area contributed by atoms with Gasteiger partial charge >= 0.3 is 0 Å². The lowest BCUT2D eigenvalue weighted by Crippen LogP contribution is -2.61. The Bertz CT molecular complexity index is 509. The number of rotatable bonds is 2. The lowest BCUT2D eigenvalue weighted by molar-refractivity contribution is -0.0689. The third kappa shape index (κ3) is 2.88. The van der Waals surface area contributed by atoms with Crippen molar-refractivity contribution in [3.8, 4) is 0 Å². The Hall–Kier alpha value is -0.870. The Balaban J connectivity index is 1.69. The number of thiophene rings is 1. The van der Waals surface area contributed by atoms with Gasteiger partial charge in [-0.05, 0) is 43.7 Å². The van der Waals surface area contributed by atoms with E-state index in [2.05, 4.69) is 11.4 Å². The molecule has 116 valence electrons. The van der Waals surface area contributed by atoms with Crippen LogP contribution in [-0.4, -0.2) is 23.2 Å². The van der Waals surface area contributed by atoms with Gasteiger partial charge in [-0.3, -0.25) is 4.79 Å². The SMILES string of the molecule is CC1(C)C(O)CC1NC(=O)c1cc2c(s1)CCCCCC2. The zero-order valence-electron chi connectivity index (χ0n) is 12.9. The van der Waals surface area contributed by atoms with Gasteiger partial charge in [-0.2, -0.15) is 0 Å². The van der Waals surface area contributed by atoms with Crippen LogP contribution in [-0.2, 0) is 12.8 Å². The summed E-state index contributed by atoms with van der Waals surface area (Å²) in [7, 11) is 0. The molecule has 0 aromatic carbocycles. The third-order valence-electron chi connectivity index (χ3n) is 5.24. The summed E-state index contributed by atoms with van der Waals surface area (Å²) in [6.07, 6.45) is 7.73. The van der Waals surface area contributed by atoms with Crippen molar-refractivity contribution in [3.05, 3.63) is 21.4 Å². The summed E-state index contributed by atoms with van der Waals surface area (Å²) in [5.74, 6) is 0.0386. The van der Waals surface area contributed by atoms with E-state index in [1.54, 1.807) is 11.3 Å². The summed E-state index contributed by atoms with van der Waals surface area (Å²) in [5, 5.41) is 12.9. The molecule has 2 aliphatic rings. The Morgan fingerprint density at radius 3 is 2.67 bits per heavy atom. The van der Waals surface area contributed by atoms with Gasteiger partial charge in [-0.15, -0.1) is 11.3 Å². The second kappa shape index (κ2) is 5.73. The second-order valence-electron chi connectivity index (χ2n) is 7.07. The molecule has 3 nitrogen and oxygen atoms in total. The lowest BCUT2D eigenvalue weighted by atomic mass is 9.64. The molecule has 1 aromatic rings. The molecule has 1 saturated carbocycles. The van der Waals surface area contributed by atoms with Gasteiger partial charge in [0, 0.05) is 16.3 Å². The van der Waals surface area contributed by atoms with Crippen LogP contribution >= 0.6 is 11.3 Å². The first-order valence-corrected chi connectivity index (χ1v) is 8.90. The van der Waals surface area contributed by atoms with Gasteiger partial charge in [-0.1, -0.05) is 26.7 Å². The van der Waals surface area contributed by atoms with E-state index in [-0.39, 0.29) is 23.5 Å². The Morgan fingerprint density at radius 1 is 1.29 bits per heavy atom. The van der Waals surface area contributed by atoms with Gasteiger partial charge in [0.25, 0.3) is 5.91 Å². The number of fused-ring (bicyclic) bond motifs is 1. The minimum absolute atomic E-state index is 0.0386. The molecule has 0 saturated heterocycles. The maximum atomic E-state index is 12.4. The molecule has 2 atom stereocenters. The summed E-state index contributed by atoms with van der Waals surface area (Å²) >= 11 is 1.67. The summed E-state index contributed by atoms with van der Waals surface area (Å²) in [6.45, 7) is 4.03. The molecule has 2 N–H and O–H groups in total. The first-order valence-electron chi connectivity index (χ1n) is 8.09. The van der Waals surface area contributed by atoms with Crippen molar-refractivity contribution in [2.24, 2.45) is 5.41 Å². The largest absolute Gasteiger partial charge is 0.392 e. The fourth-order valence-corrected chi connectivity index (χ4v) is 4.49. The fourth-order valence-electron chi connectivity index (χ4n) is 3.33. The third-order valence-corrected chi connectivity index (χ3v) is 6.48. The van der Waals surface area contributed by atoms with Crippen molar-refractivity contribution < 1.29 is 9.90 Å². The first-order chi connectivity index (χ1) is 9.98. The van der Waals surface area contributed by atoms with Gasteiger partial charge in [-0.25, -0.2) is 0 Å². The van der Waals surface area contributed by atoms with Gasteiger partial charge in [0.05, 0.1) is 11.0 Å². The Labute approximate surface area is 130 Å². The van der Waals surface area contributed by atoms with Crippen LogP contribution in [0.1, 0.15) is 66.1 Å². The van der Waals surface area contributed by atoms with Crippen molar-refractivity contribution in [2.75, 3.05) is 0 Å². The zero-order chi connectivity index (χ0) is 15.0. The van der Waals surface area contributed by atoms with E-state index < -0.39 is 0 Å². The van der Waals surface area contributed by atoms with E-state index in [4.69, 9.17) is 0 Å². The highest BCUT2D eigenvalue weighted by Gasteiger charge is 2.48. The minimum Gasteiger partial charge on any atom is -0.392 e. The molecule has 1 fully saturated rings. The van der Waals surface area contributed by atoms with Gasteiger partial charge < -0.3 is 10.4 Å². The van der Waals surface area contributed by atoms with Gasteiger partial charge in [0.15, 0.2) is 0 Å².